The molecule has 0 aliphatic rings. The lowest BCUT2D eigenvalue weighted by molar-refractivity contribution is -0.713. The van der Waals surface area contributed by atoms with E-state index in [-0.39, 0.29) is 0 Å². The summed E-state index contributed by atoms with van der Waals surface area (Å²) in [7, 11) is 6.19. The van der Waals surface area contributed by atoms with Crippen LogP contribution >= 0.6 is 11.8 Å². The second kappa shape index (κ2) is 11.4. The monoisotopic (exact) mass is 382 g/mol. The maximum absolute atomic E-state index is 4.41. The molecule has 5 heteroatoms. The third kappa shape index (κ3) is 7.04. The molecule has 0 saturated heterocycles. The Morgan fingerprint density at radius 2 is 2.04 bits per heavy atom. The lowest BCUT2D eigenvalue weighted by atomic mass is 10.1. The Bertz CT molecular complexity index is 794. The van der Waals surface area contributed by atoms with Crippen molar-refractivity contribution in [2.45, 2.75) is 12.1 Å². The molecule has 0 atom stereocenters. The highest BCUT2D eigenvalue weighted by atomic mass is 32.2. The van der Waals surface area contributed by atoms with Crippen molar-refractivity contribution in [3.8, 4) is 0 Å². The highest BCUT2D eigenvalue weighted by molar-refractivity contribution is 7.99. The highest BCUT2D eigenvalue weighted by Crippen LogP contribution is 2.17. The van der Waals surface area contributed by atoms with Gasteiger partial charge in [0.15, 0.2) is 0 Å². The minimum atomic E-state index is 0.970. The van der Waals surface area contributed by atoms with Gasteiger partial charge in [-0.1, -0.05) is 30.4 Å². The fraction of sp³-hybridized carbons (Fsp3) is 0.273. The molecule has 0 amide bonds. The average molecular weight is 383 g/mol. The Morgan fingerprint density at radius 1 is 1.26 bits per heavy atom. The highest BCUT2D eigenvalue weighted by Gasteiger charge is 2.09. The molecule has 0 radical (unpaired) electrons. The zero-order chi connectivity index (χ0) is 19.5. The summed E-state index contributed by atoms with van der Waals surface area (Å²) >= 11 is 1.78. The van der Waals surface area contributed by atoms with Gasteiger partial charge in [0.2, 0.25) is 0 Å². The first kappa shape index (κ1) is 20.9. The van der Waals surface area contributed by atoms with Gasteiger partial charge >= 0.3 is 5.16 Å². The molecule has 0 aliphatic carbocycles. The number of rotatable bonds is 9. The van der Waals surface area contributed by atoms with E-state index in [2.05, 4.69) is 83.2 Å². The summed E-state index contributed by atoms with van der Waals surface area (Å²) in [6, 6.07) is 10.6. The molecule has 1 aromatic heterocycles. The average Bonchev–Trinajstić information content (AvgIpc) is 2.70. The van der Waals surface area contributed by atoms with Crippen LogP contribution in [0.25, 0.3) is 6.08 Å². The fourth-order valence-electron chi connectivity index (χ4n) is 2.46. The summed E-state index contributed by atoms with van der Waals surface area (Å²) in [6.07, 6.45) is 14.4. The van der Waals surface area contributed by atoms with Crippen LogP contribution in [0, 0.1) is 0 Å². The van der Waals surface area contributed by atoms with E-state index in [4.69, 9.17) is 0 Å². The Morgan fingerprint density at radius 3 is 2.70 bits per heavy atom. The van der Waals surface area contributed by atoms with Gasteiger partial charge in [-0.3, -0.25) is 0 Å². The zero-order valence-electron chi connectivity index (χ0n) is 16.7. The summed E-state index contributed by atoms with van der Waals surface area (Å²) in [4.78, 5) is 6.69. The second-order valence-electron chi connectivity index (χ2n) is 6.19. The van der Waals surface area contributed by atoms with Gasteiger partial charge in [0, 0.05) is 31.1 Å². The van der Waals surface area contributed by atoms with Crippen LogP contribution in [-0.2, 0) is 7.05 Å². The van der Waals surface area contributed by atoms with Crippen molar-refractivity contribution in [3.05, 3.63) is 78.3 Å². The molecule has 4 nitrogen and oxygen atoms in total. The van der Waals surface area contributed by atoms with Crippen LogP contribution in [0.2, 0.25) is 0 Å². The number of benzene rings is 1. The van der Waals surface area contributed by atoms with Crippen LogP contribution in [0.3, 0.4) is 0 Å². The Balaban J connectivity index is 1.88. The lowest BCUT2D eigenvalue weighted by Crippen LogP contribution is -2.72. The van der Waals surface area contributed by atoms with Crippen molar-refractivity contribution in [2.24, 2.45) is 7.05 Å². The standard InChI is InChI=1S/C22H29N4S/c1-5-19(13-15-23-2)7-8-20-9-11-21(12-10-20)25(3)17-18-27-22-24-14-6-16-26(22)4/h5-16,23H,17-18H2,1-4H3/q+1/p+1/b8-7+,15-13-,19-5-. The van der Waals surface area contributed by atoms with Crippen LogP contribution in [0.1, 0.15) is 12.5 Å². The largest absolute Gasteiger partial charge is 0.374 e. The van der Waals surface area contributed by atoms with E-state index in [1.165, 1.54) is 16.8 Å². The topological polar surface area (TPSA) is 36.6 Å². The van der Waals surface area contributed by atoms with Crippen LogP contribution in [0.15, 0.2) is 77.9 Å². The van der Waals surface area contributed by atoms with E-state index in [9.17, 15) is 0 Å². The van der Waals surface area contributed by atoms with Crippen molar-refractivity contribution in [1.29, 1.82) is 0 Å². The molecule has 0 spiro atoms. The van der Waals surface area contributed by atoms with Crippen LogP contribution in [-0.4, -0.2) is 31.4 Å². The Labute approximate surface area is 167 Å². The van der Waals surface area contributed by atoms with Crippen LogP contribution < -0.4 is 14.8 Å². The molecule has 2 N–H and O–H groups in total. The SMILES string of the molecule is C/C=C(\C=C/[NH2+]C)/C=C/c1ccc(N(C)CCSc2nccc[n+]2C)cc1. The van der Waals surface area contributed by atoms with Gasteiger partial charge in [-0.15, -0.1) is 0 Å². The van der Waals surface area contributed by atoms with Gasteiger partial charge in [-0.05, 0) is 53.0 Å². The number of aryl methyl sites for hydroxylation is 1. The molecular weight excluding hydrogens is 352 g/mol. The fourth-order valence-corrected chi connectivity index (χ4v) is 3.41. The molecule has 1 heterocycles. The van der Waals surface area contributed by atoms with E-state index in [1.54, 1.807) is 11.8 Å². The predicted molar refractivity (Wildman–Crippen MR) is 116 cm³/mol. The number of hydrogen-bond donors (Lipinski definition) is 1. The molecule has 0 fully saturated rings. The number of hydrogen-bond acceptors (Lipinski definition) is 3. The summed E-state index contributed by atoms with van der Waals surface area (Å²) < 4.78 is 2.05. The number of thioether (sulfide) groups is 1. The van der Waals surface area contributed by atoms with Gasteiger partial charge in [0.05, 0.1) is 26.5 Å². The molecule has 0 aliphatic heterocycles. The molecule has 2 rings (SSSR count). The molecule has 1 aromatic carbocycles. The molecule has 142 valence electrons. The third-order valence-corrected chi connectivity index (χ3v) is 5.20. The van der Waals surface area contributed by atoms with Gasteiger partial charge in [-0.2, -0.15) is 0 Å². The van der Waals surface area contributed by atoms with Crippen molar-refractivity contribution in [2.75, 3.05) is 31.3 Å². The van der Waals surface area contributed by atoms with Gasteiger partial charge in [0.1, 0.15) is 6.20 Å². The quantitative estimate of drug-likeness (QED) is 0.314. The first-order chi connectivity index (χ1) is 13.1. The second-order valence-corrected chi connectivity index (χ2v) is 7.25. The number of anilines is 1. The van der Waals surface area contributed by atoms with Crippen molar-refractivity contribution < 1.29 is 9.88 Å². The number of nitrogens with two attached hydrogens (primary N) is 1. The normalized spacial score (nSPS) is 12.2. The first-order valence-electron chi connectivity index (χ1n) is 9.19. The van der Waals surface area contributed by atoms with E-state index in [0.717, 1.165) is 17.5 Å². The van der Waals surface area contributed by atoms with Gasteiger partial charge < -0.3 is 10.2 Å². The molecule has 0 saturated carbocycles. The molecular formula is C22H30N4S+2. The van der Waals surface area contributed by atoms with Crippen LogP contribution in [0.4, 0.5) is 5.69 Å². The number of quaternary nitrogens is 1. The summed E-state index contributed by atoms with van der Waals surface area (Å²) in [5.41, 5.74) is 3.63. The lowest BCUT2D eigenvalue weighted by Gasteiger charge is -2.18. The van der Waals surface area contributed by atoms with E-state index in [0.29, 0.717) is 0 Å². The van der Waals surface area contributed by atoms with Crippen molar-refractivity contribution in [3.63, 3.8) is 0 Å². The summed E-state index contributed by atoms with van der Waals surface area (Å²) in [5, 5.41) is 3.08. The van der Waals surface area contributed by atoms with E-state index < -0.39 is 0 Å². The summed E-state index contributed by atoms with van der Waals surface area (Å²) in [6.45, 7) is 3.03. The minimum Gasteiger partial charge on any atom is -0.374 e. The molecule has 0 bridgehead atoms. The number of nitrogens with zero attached hydrogens (tertiary/aromatic N) is 3. The molecule has 27 heavy (non-hydrogen) atoms. The maximum atomic E-state index is 4.41. The van der Waals surface area contributed by atoms with Crippen molar-refractivity contribution >= 4 is 23.5 Å². The number of allylic oxidation sites excluding steroid dienone is 4. The zero-order valence-corrected chi connectivity index (χ0v) is 17.5. The maximum Gasteiger partial charge on any atom is 0.358 e. The minimum absolute atomic E-state index is 0.970. The van der Waals surface area contributed by atoms with Crippen molar-refractivity contribution in [1.82, 2.24) is 4.98 Å². The number of aromatic nitrogens is 2. The molecule has 0 unspecified atom stereocenters. The summed E-state index contributed by atoms with van der Waals surface area (Å²) in [5.74, 6) is 0.994. The van der Waals surface area contributed by atoms with Gasteiger partial charge in [-0.25, -0.2) is 4.57 Å². The Hall–Kier alpha value is -2.37. The Kier molecular flexibility index (Phi) is 8.81. The van der Waals surface area contributed by atoms with E-state index in [1.807, 2.05) is 37.9 Å². The first-order valence-corrected chi connectivity index (χ1v) is 10.2. The van der Waals surface area contributed by atoms with Crippen LogP contribution in [0.5, 0.6) is 0 Å². The smallest absolute Gasteiger partial charge is 0.358 e. The van der Waals surface area contributed by atoms with Gasteiger partial charge in [0.25, 0.3) is 0 Å². The predicted octanol–water partition coefficient (Wildman–Crippen LogP) is 2.80. The molecule has 2 aromatic rings. The third-order valence-electron chi connectivity index (χ3n) is 4.16. The van der Waals surface area contributed by atoms with E-state index >= 15 is 0 Å².